The van der Waals surface area contributed by atoms with Gasteiger partial charge in [-0.2, -0.15) is 10.2 Å². The lowest BCUT2D eigenvalue weighted by Gasteiger charge is -2.31. The number of hydrogen-bond donors (Lipinski definition) is 1. The second-order valence-electron chi connectivity index (χ2n) is 5.97. The molecule has 1 aliphatic rings. The van der Waals surface area contributed by atoms with Gasteiger partial charge in [-0.3, -0.25) is 4.79 Å². The van der Waals surface area contributed by atoms with Gasteiger partial charge in [-0.1, -0.05) is 18.2 Å². The van der Waals surface area contributed by atoms with Crippen molar-refractivity contribution in [3.8, 4) is 5.75 Å². The molecule has 25 heavy (non-hydrogen) atoms. The average molecular weight is 340 g/mol. The number of ether oxygens (including phenoxy) is 2. The number of carbonyl (C=O) groups is 2. The first-order valence-corrected chi connectivity index (χ1v) is 7.62. The predicted octanol–water partition coefficient (Wildman–Crippen LogP) is 4.01. The van der Waals surface area contributed by atoms with Crippen LogP contribution >= 0.6 is 0 Å². The minimum absolute atomic E-state index is 0.144. The SMILES string of the molecule is CC1(C)OC(=O)c2cc(N=Nc3ccccc3CC(=O)O)ccc2O1. The van der Waals surface area contributed by atoms with Crippen molar-refractivity contribution in [2.24, 2.45) is 10.2 Å². The van der Waals surface area contributed by atoms with Gasteiger partial charge in [0.05, 0.1) is 17.8 Å². The first kappa shape index (κ1) is 16.6. The van der Waals surface area contributed by atoms with E-state index in [9.17, 15) is 9.59 Å². The summed E-state index contributed by atoms with van der Waals surface area (Å²) in [6.45, 7) is 3.31. The molecule has 2 aromatic rings. The Morgan fingerprint density at radius 3 is 2.64 bits per heavy atom. The fourth-order valence-electron chi connectivity index (χ4n) is 2.42. The average Bonchev–Trinajstić information content (AvgIpc) is 2.53. The fourth-order valence-corrected chi connectivity index (χ4v) is 2.42. The van der Waals surface area contributed by atoms with E-state index in [0.717, 1.165) is 0 Å². The summed E-state index contributed by atoms with van der Waals surface area (Å²) >= 11 is 0. The van der Waals surface area contributed by atoms with E-state index in [1.54, 1.807) is 50.2 Å². The van der Waals surface area contributed by atoms with E-state index in [0.29, 0.717) is 22.7 Å². The van der Waals surface area contributed by atoms with Crippen LogP contribution in [0.1, 0.15) is 29.8 Å². The van der Waals surface area contributed by atoms with Gasteiger partial charge in [0.2, 0.25) is 5.79 Å². The summed E-state index contributed by atoms with van der Waals surface area (Å²) in [4.78, 5) is 23.0. The number of azo groups is 1. The summed E-state index contributed by atoms with van der Waals surface area (Å²) in [6, 6.07) is 11.7. The Morgan fingerprint density at radius 1 is 1.12 bits per heavy atom. The molecule has 3 rings (SSSR count). The Kier molecular flexibility index (Phi) is 4.22. The second-order valence-corrected chi connectivity index (χ2v) is 5.97. The highest BCUT2D eigenvalue weighted by molar-refractivity contribution is 5.94. The van der Waals surface area contributed by atoms with Gasteiger partial charge in [0.1, 0.15) is 11.3 Å². The normalized spacial score (nSPS) is 15.4. The zero-order valence-electron chi connectivity index (χ0n) is 13.7. The fraction of sp³-hybridized carbons (Fsp3) is 0.222. The van der Waals surface area contributed by atoms with Crippen LogP contribution in [-0.2, 0) is 16.0 Å². The van der Waals surface area contributed by atoms with Crippen LogP contribution in [-0.4, -0.2) is 22.8 Å². The van der Waals surface area contributed by atoms with Crippen molar-refractivity contribution in [1.82, 2.24) is 0 Å². The highest BCUT2D eigenvalue weighted by Gasteiger charge is 2.33. The molecule has 0 amide bonds. The molecule has 1 heterocycles. The van der Waals surface area contributed by atoms with Gasteiger partial charge in [-0.15, -0.1) is 0 Å². The lowest BCUT2D eigenvalue weighted by Crippen LogP contribution is -2.38. The summed E-state index contributed by atoms with van der Waals surface area (Å²) in [5.41, 5.74) is 1.72. The Labute approximate surface area is 143 Å². The number of cyclic esters (lactones) is 1. The van der Waals surface area contributed by atoms with E-state index in [1.165, 1.54) is 6.07 Å². The van der Waals surface area contributed by atoms with Crippen LogP contribution in [0.2, 0.25) is 0 Å². The number of fused-ring (bicyclic) bond motifs is 1. The molecule has 128 valence electrons. The molecule has 7 nitrogen and oxygen atoms in total. The highest BCUT2D eigenvalue weighted by Crippen LogP contribution is 2.34. The molecule has 0 spiro atoms. The van der Waals surface area contributed by atoms with Crippen LogP contribution in [0.15, 0.2) is 52.7 Å². The van der Waals surface area contributed by atoms with Gasteiger partial charge in [0.25, 0.3) is 0 Å². The van der Waals surface area contributed by atoms with Crippen molar-refractivity contribution in [2.75, 3.05) is 0 Å². The zero-order chi connectivity index (χ0) is 18.0. The van der Waals surface area contributed by atoms with Crippen molar-refractivity contribution in [1.29, 1.82) is 0 Å². The second kappa shape index (κ2) is 6.35. The number of rotatable bonds is 4. The third-order valence-electron chi connectivity index (χ3n) is 3.48. The van der Waals surface area contributed by atoms with E-state index < -0.39 is 17.7 Å². The number of carboxylic acids is 1. The molecular formula is C18H16N2O5. The van der Waals surface area contributed by atoms with Crippen molar-refractivity contribution < 1.29 is 24.2 Å². The van der Waals surface area contributed by atoms with E-state index in [2.05, 4.69) is 10.2 Å². The van der Waals surface area contributed by atoms with Gasteiger partial charge in [0, 0.05) is 13.8 Å². The lowest BCUT2D eigenvalue weighted by atomic mass is 10.1. The molecule has 0 saturated carbocycles. The number of aliphatic carboxylic acids is 1. The molecule has 0 atom stereocenters. The number of carboxylic acid groups (broad SMARTS) is 1. The van der Waals surface area contributed by atoms with Crippen LogP contribution in [0.4, 0.5) is 11.4 Å². The van der Waals surface area contributed by atoms with E-state index in [4.69, 9.17) is 14.6 Å². The van der Waals surface area contributed by atoms with Crippen molar-refractivity contribution >= 4 is 23.3 Å². The standard InChI is InChI=1S/C18H16N2O5/c1-18(2)24-15-8-7-12(10-13(15)17(23)25-18)19-20-14-6-4-3-5-11(14)9-16(21)22/h3-8,10H,9H2,1-2H3,(H,21,22). The number of esters is 1. The van der Waals surface area contributed by atoms with Gasteiger partial charge in [-0.25, -0.2) is 4.79 Å². The van der Waals surface area contributed by atoms with Gasteiger partial charge in [-0.05, 0) is 29.8 Å². The van der Waals surface area contributed by atoms with E-state index >= 15 is 0 Å². The van der Waals surface area contributed by atoms with Gasteiger partial charge < -0.3 is 14.6 Å². The summed E-state index contributed by atoms with van der Waals surface area (Å²) < 4.78 is 10.8. The number of nitrogens with zero attached hydrogens (tertiary/aromatic N) is 2. The first-order chi connectivity index (χ1) is 11.8. The third kappa shape index (κ3) is 3.82. The first-order valence-electron chi connectivity index (χ1n) is 7.62. The molecule has 0 saturated heterocycles. The lowest BCUT2D eigenvalue weighted by molar-refractivity contribution is -0.136. The molecule has 0 aromatic heterocycles. The minimum atomic E-state index is -1.01. The van der Waals surface area contributed by atoms with Crippen LogP contribution in [0.25, 0.3) is 0 Å². The molecule has 0 radical (unpaired) electrons. The summed E-state index contributed by atoms with van der Waals surface area (Å²) in [6.07, 6.45) is -0.144. The Morgan fingerprint density at radius 2 is 1.88 bits per heavy atom. The zero-order valence-corrected chi connectivity index (χ0v) is 13.7. The molecule has 1 N–H and O–H groups in total. The van der Waals surface area contributed by atoms with Crippen molar-refractivity contribution in [3.05, 3.63) is 53.6 Å². The maximum Gasteiger partial charge on any atom is 0.345 e. The highest BCUT2D eigenvalue weighted by atomic mass is 16.7. The largest absolute Gasteiger partial charge is 0.481 e. The van der Waals surface area contributed by atoms with Crippen LogP contribution in [0.5, 0.6) is 5.75 Å². The van der Waals surface area contributed by atoms with Crippen LogP contribution in [0, 0.1) is 0 Å². The number of carbonyl (C=O) groups excluding carboxylic acids is 1. The summed E-state index contributed by atoms with van der Waals surface area (Å²) in [5, 5.41) is 17.1. The Balaban J connectivity index is 1.88. The van der Waals surface area contributed by atoms with Crippen LogP contribution in [0.3, 0.4) is 0 Å². The molecule has 0 bridgehead atoms. The Bertz CT molecular complexity index is 874. The molecule has 0 unspecified atom stereocenters. The minimum Gasteiger partial charge on any atom is -0.481 e. The molecular weight excluding hydrogens is 324 g/mol. The molecule has 7 heteroatoms. The quantitative estimate of drug-likeness (QED) is 0.670. The predicted molar refractivity (Wildman–Crippen MR) is 88.5 cm³/mol. The number of benzene rings is 2. The van der Waals surface area contributed by atoms with Gasteiger partial charge in [0.15, 0.2) is 0 Å². The van der Waals surface area contributed by atoms with E-state index in [1.807, 2.05) is 0 Å². The topological polar surface area (TPSA) is 97.6 Å². The van der Waals surface area contributed by atoms with Crippen LogP contribution < -0.4 is 4.74 Å². The monoisotopic (exact) mass is 340 g/mol. The van der Waals surface area contributed by atoms with Gasteiger partial charge >= 0.3 is 11.9 Å². The smallest absolute Gasteiger partial charge is 0.345 e. The Hall–Kier alpha value is -3.22. The summed E-state index contributed by atoms with van der Waals surface area (Å²) in [7, 11) is 0. The van der Waals surface area contributed by atoms with Crippen molar-refractivity contribution in [3.63, 3.8) is 0 Å². The maximum atomic E-state index is 12.1. The van der Waals surface area contributed by atoms with Crippen molar-refractivity contribution in [2.45, 2.75) is 26.1 Å². The maximum absolute atomic E-state index is 12.1. The molecule has 2 aromatic carbocycles. The third-order valence-corrected chi connectivity index (χ3v) is 3.48. The number of hydrogen-bond acceptors (Lipinski definition) is 6. The molecule has 0 aliphatic carbocycles. The molecule has 1 aliphatic heterocycles. The summed E-state index contributed by atoms with van der Waals surface area (Å²) in [5.74, 6) is -2.02. The van der Waals surface area contributed by atoms with E-state index in [-0.39, 0.29) is 12.0 Å². The molecule has 0 fully saturated rings.